The molecule has 3 nitrogen and oxygen atoms in total. The summed E-state index contributed by atoms with van der Waals surface area (Å²) in [6.45, 7) is 0. The predicted molar refractivity (Wildman–Crippen MR) is 48.9 cm³/mol. The molecule has 1 aromatic rings. The van der Waals surface area contributed by atoms with Gasteiger partial charge in [0.2, 0.25) is 5.91 Å². The third kappa shape index (κ3) is 2.31. The van der Waals surface area contributed by atoms with Gasteiger partial charge in [-0.3, -0.25) is 4.79 Å². The molecule has 0 atom stereocenters. The number of benzene rings is 1. The van der Waals surface area contributed by atoms with Gasteiger partial charge in [0.05, 0.1) is 6.07 Å². The van der Waals surface area contributed by atoms with Crippen molar-refractivity contribution in [2.75, 3.05) is 0 Å². The highest BCUT2D eigenvalue weighted by Crippen LogP contribution is 2.09. The molecule has 0 spiro atoms. The van der Waals surface area contributed by atoms with Gasteiger partial charge in [0.25, 0.3) is 0 Å². The van der Waals surface area contributed by atoms with Crippen molar-refractivity contribution in [2.45, 2.75) is 12.8 Å². The Morgan fingerprint density at radius 1 is 1.46 bits per heavy atom. The monoisotopic (exact) mass is 174 g/mol. The van der Waals surface area contributed by atoms with Gasteiger partial charge in [-0.05, 0) is 18.1 Å². The number of nitrogens with zero attached hydrogens (tertiary/aromatic N) is 1. The number of hydrogen-bond donors (Lipinski definition) is 1. The first-order valence-corrected chi connectivity index (χ1v) is 4.00. The lowest BCUT2D eigenvalue weighted by Gasteiger charge is -2.02. The topological polar surface area (TPSA) is 66.9 Å². The fraction of sp³-hybridized carbons (Fsp3) is 0.200. The Morgan fingerprint density at radius 2 is 2.15 bits per heavy atom. The lowest BCUT2D eigenvalue weighted by atomic mass is 10.0. The van der Waals surface area contributed by atoms with Crippen LogP contribution in [0.15, 0.2) is 24.3 Å². The molecule has 66 valence electrons. The van der Waals surface area contributed by atoms with Crippen LogP contribution >= 0.6 is 0 Å². The van der Waals surface area contributed by atoms with Gasteiger partial charge in [0.1, 0.15) is 0 Å². The summed E-state index contributed by atoms with van der Waals surface area (Å²) in [5, 5.41) is 8.39. The first-order chi connectivity index (χ1) is 6.25. The standard InChI is InChI=1S/C10H10N2O/c11-7-3-5-8-4-1-2-6-9(8)10(12)13/h1-2,4,6H,3,5H2,(H2,12,13). The highest BCUT2D eigenvalue weighted by molar-refractivity contribution is 5.94. The third-order valence-corrected chi connectivity index (χ3v) is 1.79. The van der Waals surface area contributed by atoms with Crippen LogP contribution in [0.2, 0.25) is 0 Å². The van der Waals surface area contributed by atoms with Crippen LogP contribution in [0.25, 0.3) is 0 Å². The van der Waals surface area contributed by atoms with Gasteiger partial charge in [-0.15, -0.1) is 0 Å². The maximum Gasteiger partial charge on any atom is 0.248 e. The maximum absolute atomic E-state index is 10.9. The van der Waals surface area contributed by atoms with E-state index in [1.807, 2.05) is 18.2 Å². The summed E-state index contributed by atoms with van der Waals surface area (Å²) in [5.74, 6) is -0.437. The van der Waals surface area contributed by atoms with Crippen LogP contribution < -0.4 is 5.73 Å². The van der Waals surface area contributed by atoms with Crippen LogP contribution in [0.5, 0.6) is 0 Å². The Hall–Kier alpha value is -1.82. The first kappa shape index (κ1) is 9.27. The van der Waals surface area contributed by atoms with E-state index >= 15 is 0 Å². The van der Waals surface area contributed by atoms with E-state index in [1.54, 1.807) is 12.1 Å². The molecule has 0 bridgehead atoms. The Balaban J connectivity index is 2.92. The second-order valence-corrected chi connectivity index (χ2v) is 2.68. The zero-order valence-corrected chi connectivity index (χ0v) is 7.16. The van der Waals surface area contributed by atoms with Gasteiger partial charge in [-0.2, -0.15) is 5.26 Å². The normalized spacial score (nSPS) is 9.15. The highest BCUT2D eigenvalue weighted by Gasteiger charge is 2.05. The molecule has 0 radical (unpaired) electrons. The van der Waals surface area contributed by atoms with Crippen molar-refractivity contribution in [2.24, 2.45) is 5.73 Å². The van der Waals surface area contributed by atoms with Gasteiger partial charge >= 0.3 is 0 Å². The average molecular weight is 174 g/mol. The lowest BCUT2D eigenvalue weighted by Crippen LogP contribution is -2.13. The number of carbonyl (C=O) groups is 1. The van der Waals surface area contributed by atoms with Crippen LogP contribution in [0.3, 0.4) is 0 Å². The summed E-state index contributed by atoms with van der Waals surface area (Å²) >= 11 is 0. The molecule has 1 amide bonds. The molecule has 13 heavy (non-hydrogen) atoms. The van der Waals surface area contributed by atoms with Gasteiger partial charge in [-0.1, -0.05) is 18.2 Å². The second kappa shape index (κ2) is 4.27. The average Bonchev–Trinajstić information content (AvgIpc) is 2.15. The molecule has 2 N–H and O–H groups in total. The van der Waals surface area contributed by atoms with Crippen molar-refractivity contribution in [1.82, 2.24) is 0 Å². The third-order valence-electron chi connectivity index (χ3n) is 1.79. The van der Waals surface area contributed by atoms with Crippen molar-refractivity contribution in [1.29, 1.82) is 5.26 Å². The minimum atomic E-state index is -0.437. The number of nitrogens with two attached hydrogens (primary N) is 1. The molecule has 0 aliphatic rings. The molecule has 3 heteroatoms. The molecule has 0 saturated heterocycles. The lowest BCUT2D eigenvalue weighted by molar-refractivity contribution is 0.0999. The van der Waals surface area contributed by atoms with Crippen molar-refractivity contribution in [3.8, 4) is 6.07 Å². The molecule has 1 aromatic carbocycles. The summed E-state index contributed by atoms with van der Waals surface area (Å²) in [7, 11) is 0. The number of amides is 1. The molecule has 1 rings (SSSR count). The summed E-state index contributed by atoms with van der Waals surface area (Å²) < 4.78 is 0. The van der Waals surface area contributed by atoms with Gasteiger partial charge in [-0.25, -0.2) is 0 Å². The molecule has 0 heterocycles. The SMILES string of the molecule is N#CCCc1ccccc1C(N)=O. The summed E-state index contributed by atoms with van der Waals surface area (Å²) in [6, 6.07) is 9.12. The molecule has 0 aliphatic heterocycles. The van der Waals surface area contributed by atoms with Crippen LogP contribution in [0.1, 0.15) is 22.3 Å². The zero-order chi connectivity index (χ0) is 9.68. The van der Waals surface area contributed by atoms with Crippen molar-refractivity contribution in [3.05, 3.63) is 35.4 Å². The first-order valence-electron chi connectivity index (χ1n) is 4.00. The fourth-order valence-corrected chi connectivity index (χ4v) is 1.17. The highest BCUT2D eigenvalue weighted by atomic mass is 16.1. The van der Waals surface area contributed by atoms with Crippen LogP contribution in [-0.2, 0) is 6.42 Å². The fourth-order valence-electron chi connectivity index (χ4n) is 1.17. The van der Waals surface area contributed by atoms with E-state index in [0.29, 0.717) is 18.4 Å². The van der Waals surface area contributed by atoms with Crippen LogP contribution in [-0.4, -0.2) is 5.91 Å². The second-order valence-electron chi connectivity index (χ2n) is 2.68. The maximum atomic E-state index is 10.9. The van der Waals surface area contributed by atoms with Crippen molar-refractivity contribution in [3.63, 3.8) is 0 Å². The molecular weight excluding hydrogens is 164 g/mol. The van der Waals surface area contributed by atoms with E-state index in [2.05, 4.69) is 0 Å². The van der Waals surface area contributed by atoms with Crippen molar-refractivity contribution >= 4 is 5.91 Å². The van der Waals surface area contributed by atoms with Gasteiger partial charge in [0.15, 0.2) is 0 Å². The minimum Gasteiger partial charge on any atom is -0.366 e. The van der Waals surface area contributed by atoms with E-state index in [1.165, 1.54) is 0 Å². The Labute approximate surface area is 76.8 Å². The molecule has 0 aromatic heterocycles. The molecule has 0 unspecified atom stereocenters. The molecule has 0 fully saturated rings. The van der Waals surface area contributed by atoms with Crippen LogP contribution in [0.4, 0.5) is 0 Å². The van der Waals surface area contributed by atoms with E-state index in [9.17, 15) is 4.79 Å². The van der Waals surface area contributed by atoms with Gasteiger partial charge in [0, 0.05) is 12.0 Å². The molecule has 0 aliphatic carbocycles. The Bertz CT molecular complexity index is 352. The largest absolute Gasteiger partial charge is 0.366 e. The number of carbonyl (C=O) groups excluding carboxylic acids is 1. The predicted octanol–water partition coefficient (Wildman–Crippen LogP) is 1.24. The van der Waals surface area contributed by atoms with Gasteiger partial charge < -0.3 is 5.73 Å². The van der Waals surface area contributed by atoms with E-state index in [-0.39, 0.29) is 0 Å². The minimum absolute atomic E-state index is 0.407. The number of aryl methyl sites for hydroxylation is 1. The number of hydrogen-bond acceptors (Lipinski definition) is 2. The van der Waals surface area contributed by atoms with E-state index in [0.717, 1.165) is 5.56 Å². The van der Waals surface area contributed by atoms with Crippen molar-refractivity contribution < 1.29 is 4.79 Å². The smallest absolute Gasteiger partial charge is 0.248 e. The zero-order valence-electron chi connectivity index (χ0n) is 7.16. The summed E-state index contributed by atoms with van der Waals surface area (Å²) in [4.78, 5) is 10.9. The summed E-state index contributed by atoms with van der Waals surface area (Å²) in [5.41, 5.74) is 6.52. The number of nitriles is 1. The van der Waals surface area contributed by atoms with E-state index in [4.69, 9.17) is 11.0 Å². The number of primary amides is 1. The van der Waals surface area contributed by atoms with E-state index < -0.39 is 5.91 Å². The van der Waals surface area contributed by atoms with Crippen LogP contribution in [0, 0.1) is 11.3 Å². The molecule has 0 saturated carbocycles. The number of rotatable bonds is 3. The summed E-state index contributed by atoms with van der Waals surface area (Å²) in [6.07, 6.45) is 0.986. The Morgan fingerprint density at radius 3 is 2.77 bits per heavy atom. The quantitative estimate of drug-likeness (QED) is 0.749. The Kier molecular flexibility index (Phi) is 3.04. The molecular formula is C10H10N2O.